The van der Waals surface area contributed by atoms with Gasteiger partial charge in [0.1, 0.15) is 17.5 Å². The molecule has 0 amide bonds. The van der Waals surface area contributed by atoms with Gasteiger partial charge in [-0.3, -0.25) is 0 Å². The van der Waals surface area contributed by atoms with Gasteiger partial charge in [-0.2, -0.15) is 5.26 Å². The normalized spacial score (nSPS) is 12.4. The first-order valence-electron chi connectivity index (χ1n) is 8.13. The fourth-order valence-corrected chi connectivity index (χ4v) is 2.36. The van der Waals surface area contributed by atoms with Gasteiger partial charge in [-0.1, -0.05) is 12.1 Å². The quantitative estimate of drug-likeness (QED) is 0.630. The second kappa shape index (κ2) is 8.90. The summed E-state index contributed by atoms with van der Waals surface area (Å²) < 4.78 is 40.9. The molecule has 2 aromatic carbocycles. The van der Waals surface area contributed by atoms with E-state index < -0.39 is 23.5 Å². The number of nitrogens with one attached hydrogen (secondary N) is 2. The third-order valence-corrected chi connectivity index (χ3v) is 3.72. The predicted octanol–water partition coefficient (Wildman–Crippen LogP) is 3.79. The number of rotatable bonds is 5. The summed E-state index contributed by atoms with van der Waals surface area (Å²) in [5, 5.41) is 14.8. The van der Waals surface area contributed by atoms with Gasteiger partial charge in [0.2, 0.25) is 0 Å². The van der Waals surface area contributed by atoms with Crippen molar-refractivity contribution in [3.63, 3.8) is 0 Å². The topological polar surface area (TPSA) is 60.2 Å². The molecule has 1 unspecified atom stereocenters. The van der Waals surface area contributed by atoms with E-state index in [1.165, 1.54) is 24.3 Å². The van der Waals surface area contributed by atoms with E-state index in [1.54, 1.807) is 6.92 Å². The highest BCUT2D eigenvalue weighted by molar-refractivity contribution is 5.80. The number of hydrogen-bond acceptors (Lipinski definition) is 2. The van der Waals surface area contributed by atoms with Gasteiger partial charge in [-0.05, 0) is 32.0 Å². The lowest BCUT2D eigenvalue weighted by Gasteiger charge is -2.18. The van der Waals surface area contributed by atoms with Crippen LogP contribution in [-0.4, -0.2) is 12.5 Å². The molecule has 2 aromatic rings. The van der Waals surface area contributed by atoms with Crippen LogP contribution in [0.3, 0.4) is 0 Å². The maximum atomic E-state index is 13.9. The first-order chi connectivity index (χ1) is 12.4. The van der Waals surface area contributed by atoms with Crippen molar-refractivity contribution in [3.05, 3.63) is 70.5 Å². The molecular formula is C19H19F3N4. The molecule has 0 aliphatic heterocycles. The standard InChI is InChI=1S/C19H19F3N4/c1-3-24-19(25-11-14-5-4-13(10-23)8-17(14)21)26-12(2)16-7-6-15(20)9-18(16)22/h4-9,12H,3,11H2,1-2H3,(H2,24,25,26). The molecular weight excluding hydrogens is 341 g/mol. The van der Waals surface area contributed by atoms with Gasteiger partial charge in [0.25, 0.3) is 0 Å². The zero-order valence-corrected chi connectivity index (χ0v) is 14.5. The van der Waals surface area contributed by atoms with Crippen LogP contribution < -0.4 is 10.6 Å². The molecule has 0 aliphatic rings. The number of guanidine groups is 1. The van der Waals surface area contributed by atoms with E-state index in [0.29, 0.717) is 23.6 Å². The molecule has 0 bridgehead atoms. The lowest BCUT2D eigenvalue weighted by molar-refractivity contribution is 0.550. The minimum Gasteiger partial charge on any atom is -0.357 e. The van der Waals surface area contributed by atoms with Crippen molar-refractivity contribution in [1.82, 2.24) is 10.6 Å². The van der Waals surface area contributed by atoms with E-state index in [0.717, 1.165) is 12.1 Å². The van der Waals surface area contributed by atoms with E-state index >= 15 is 0 Å². The summed E-state index contributed by atoms with van der Waals surface area (Å²) in [5.74, 6) is -1.44. The smallest absolute Gasteiger partial charge is 0.192 e. The van der Waals surface area contributed by atoms with Gasteiger partial charge in [-0.15, -0.1) is 0 Å². The molecule has 2 rings (SSSR count). The Kier molecular flexibility index (Phi) is 6.61. The van der Waals surface area contributed by atoms with Gasteiger partial charge in [0, 0.05) is 23.7 Å². The largest absolute Gasteiger partial charge is 0.357 e. The zero-order chi connectivity index (χ0) is 19.1. The summed E-state index contributed by atoms with van der Waals surface area (Å²) in [4.78, 5) is 4.29. The highest BCUT2D eigenvalue weighted by Crippen LogP contribution is 2.17. The van der Waals surface area contributed by atoms with Crippen LogP contribution in [0.5, 0.6) is 0 Å². The van der Waals surface area contributed by atoms with Crippen LogP contribution in [-0.2, 0) is 6.54 Å². The predicted molar refractivity (Wildman–Crippen MR) is 93.8 cm³/mol. The van der Waals surface area contributed by atoms with Gasteiger partial charge in [-0.25, -0.2) is 18.2 Å². The van der Waals surface area contributed by atoms with E-state index in [2.05, 4.69) is 15.6 Å². The average Bonchev–Trinajstić information content (AvgIpc) is 2.60. The van der Waals surface area contributed by atoms with Gasteiger partial charge < -0.3 is 10.6 Å². The molecule has 1 atom stereocenters. The highest BCUT2D eigenvalue weighted by Gasteiger charge is 2.13. The van der Waals surface area contributed by atoms with Crippen molar-refractivity contribution in [2.45, 2.75) is 26.4 Å². The first kappa shape index (κ1) is 19.3. The number of nitrogens with zero attached hydrogens (tertiary/aromatic N) is 2. The Labute approximate surface area is 150 Å². The van der Waals surface area contributed by atoms with Crippen molar-refractivity contribution in [2.24, 2.45) is 4.99 Å². The van der Waals surface area contributed by atoms with Crippen LogP contribution in [0.1, 0.15) is 36.6 Å². The molecule has 136 valence electrons. The SMILES string of the molecule is CCNC(=NCc1ccc(C#N)cc1F)NC(C)c1ccc(F)cc1F. The Balaban J connectivity index is 2.15. The zero-order valence-electron chi connectivity index (χ0n) is 14.5. The van der Waals surface area contributed by atoms with Crippen LogP contribution in [0.15, 0.2) is 41.4 Å². The van der Waals surface area contributed by atoms with Crippen LogP contribution in [0, 0.1) is 28.8 Å². The number of hydrogen-bond donors (Lipinski definition) is 2. The Morgan fingerprint density at radius 1 is 1.15 bits per heavy atom. The molecule has 26 heavy (non-hydrogen) atoms. The fraction of sp³-hybridized carbons (Fsp3) is 0.263. The molecule has 0 aromatic heterocycles. The summed E-state index contributed by atoms with van der Waals surface area (Å²) in [5.41, 5.74) is 0.865. The molecule has 0 radical (unpaired) electrons. The Hall–Kier alpha value is -3.01. The monoisotopic (exact) mass is 360 g/mol. The highest BCUT2D eigenvalue weighted by atomic mass is 19.1. The summed E-state index contributed by atoms with van der Waals surface area (Å²) in [6.07, 6.45) is 0. The van der Waals surface area contributed by atoms with E-state index in [9.17, 15) is 13.2 Å². The number of benzene rings is 2. The van der Waals surface area contributed by atoms with Crippen molar-refractivity contribution >= 4 is 5.96 Å². The minimum absolute atomic E-state index is 0.0471. The molecule has 2 N–H and O–H groups in total. The molecule has 0 spiro atoms. The molecule has 4 nitrogen and oxygen atoms in total. The van der Waals surface area contributed by atoms with Crippen molar-refractivity contribution in [1.29, 1.82) is 5.26 Å². The molecule has 0 aliphatic carbocycles. The lowest BCUT2D eigenvalue weighted by Crippen LogP contribution is -2.39. The van der Waals surface area contributed by atoms with E-state index in [4.69, 9.17) is 5.26 Å². The number of aliphatic imine (C=N–C) groups is 1. The molecule has 0 heterocycles. The maximum absolute atomic E-state index is 13.9. The minimum atomic E-state index is -0.654. The van der Waals surface area contributed by atoms with Gasteiger partial charge >= 0.3 is 0 Å². The number of halogens is 3. The summed E-state index contributed by atoms with van der Waals surface area (Å²) in [6, 6.07) is 8.95. The third-order valence-electron chi connectivity index (χ3n) is 3.72. The lowest BCUT2D eigenvalue weighted by atomic mass is 10.1. The van der Waals surface area contributed by atoms with Crippen LogP contribution >= 0.6 is 0 Å². The Morgan fingerprint density at radius 2 is 1.92 bits per heavy atom. The van der Waals surface area contributed by atoms with E-state index in [1.807, 2.05) is 13.0 Å². The molecule has 0 saturated heterocycles. The summed E-state index contributed by atoms with van der Waals surface area (Å²) in [7, 11) is 0. The molecule has 0 fully saturated rings. The van der Waals surface area contributed by atoms with E-state index in [-0.39, 0.29) is 12.1 Å². The Bertz CT molecular complexity index is 843. The third kappa shape index (κ3) is 4.99. The van der Waals surface area contributed by atoms with Crippen LogP contribution in [0.25, 0.3) is 0 Å². The summed E-state index contributed by atoms with van der Waals surface area (Å²) >= 11 is 0. The Morgan fingerprint density at radius 3 is 2.54 bits per heavy atom. The van der Waals surface area contributed by atoms with Crippen LogP contribution in [0.4, 0.5) is 13.2 Å². The summed E-state index contributed by atoms with van der Waals surface area (Å²) in [6.45, 7) is 4.18. The van der Waals surface area contributed by atoms with Crippen molar-refractivity contribution < 1.29 is 13.2 Å². The van der Waals surface area contributed by atoms with Crippen molar-refractivity contribution in [2.75, 3.05) is 6.54 Å². The van der Waals surface area contributed by atoms with Crippen LogP contribution in [0.2, 0.25) is 0 Å². The molecule has 7 heteroatoms. The molecule has 0 saturated carbocycles. The maximum Gasteiger partial charge on any atom is 0.192 e. The van der Waals surface area contributed by atoms with Gasteiger partial charge in [0.15, 0.2) is 5.96 Å². The van der Waals surface area contributed by atoms with Gasteiger partial charge in [0.05, 0.1) is 24.2 Å². The number of nitriles is 1. The fourth-order valence-electron chi connectivity index (χ4n) is 2.36. The first-order valence-corrected chi connectivity index (χ1v) is 8.13. The average molecular weight is 360 g/mol. The second-order valence-corrected chi connectivity index (χ2v) is 5.65. The van der Waals surface area contributed by atoms with Crippen molar-refractivity contribution in [3.8, 4) is 6.07 Å². The second-order valence-electron chi connectivity index (χ2n) is 5.65.